The van der Waals surface area contributed by atoms with Crippen molar-refractivity contribution in [2.45, 2.75) is 19.8 Å². The SMILES string of the molecule is Cc1ccc(NC(=O)CN2C(=O)CCC2=O)c(N)c1. The molecule has 1 aliphatic heterocycles. The average Bonchev–Trinajstić information content (AvgIpc) is 2.65. The smallest absolute Gasteiger partial charge is 0.244 e. The summed E-state index contributed by atoms with van der Waals surface area (Å²) in [5, 5.41) is 2.60. The Bertz CT molecular complexity index is 538. The Morgan fingerprint density at radius 1 is 1.32 bits per heavy atom. The topological polar surface area (TPSA) is 92.5 Å². The highest BCUT2D eigenvalue weighted by Crippen LogP contribution is 2.19. The maximum Gasteiger partial charge on any atom is 0.244 e. The highest BCUT2D eigenvalue weighted by Gasteiger charge is 2.30. The molecule has 6 nitrogen and oxygen atoms in total. The van der Waals surface area contributed by atoms with Crippen LogP contribution in [0.5, 0.6) is 0 Å². The van der Waals surface area contributed by atoms with Crippen LogP contribution in [0.15, 0.2) is 18.2 Å². The second-order valence-corrected chi connectivity index (χ2v) is 4.51. The van der Waals surface area contributed by atoms with Crippen LogP contribution in [0.3, 0.4) is 0 Å². The van der Waals surface area contributed by atoms with Crippen molar-refractivity contribution in [3.05, 3.63) is 23.8 Å². The van der Waals surface area contributed by atoms with E-state index < -0.39 is 5.91 Å². The number of carbonyl (C=O) groups excluding carboxylic acids is 3. The van der Waals surface area contributed by atoms with Gasteiger partial charge in [0.1, 0.15) is 6.54 Å². The van der Waals surface area contributed by atoms with Crippen molar-refractivity contribution >= 4 is 29.1 Å². The number of carbonyl (C=O) groups is 3. The first-order chi connectivity index (χ1) is 8.97. The molecular formula is C13H15N3O3. The summed E-state index contributed by atoms with van der Waals surface area (Å²) in [6.45, 7) is 1.63. The Balaban J connectivity index is 2.01. The van der Waals surface area contributed by atoms with Gasteiger partial charge in [-0.05, 0) is 24.6 Å². The molecule has 100 valence electrons. The Morgan fingerprint density at radius 2 is 1.95 bits per heavy atom. The van der Waals surface area contributed by atoms with E-state index in [0.717, 1.165) is 10.5 Å². The number of nitrogens with zero attached hydrogens (tertiary/aromatic N) is 1. The Labute approximate surface area is 110 Å². The number of amides is 3. The van der Waals surface area contributed by atoms with Gasteiger partial charge in [0.15, 0.2) is 0 Å². The summed E-state index contributed by atoms with van der Waals surface area (Å²) in [5.74, 6) is -1.05. The van der Waals surface area contributed by atoms with E-state index in [1.54, 1.807) is 12.1 Å². The van der Waals surface area contributed by atoms with Gasteiger partial charge in [0, 0.05) is 12.8 Å². The standard InChI is InChI=1S/C13H15N3O3/c1-8-2-3-10(9(14)6-8)15-11(17)7-16-12(18)4-5-13(16)19/h2-3,6H,4-5,7,14H2,1H3,(H,15,17). The lowest BCUT2D eigenvalue weighted by molar-refractivity contribution is -0.141. The summed E-state index contributed by atoms with van der Waals surface area (Å²) in [6, 6.07) is 5.25. The molecule has 0 aliphatic carbocycles. The van der Waals surface area contributed by atoms with E-state index in [1.165, 1.54) is 0 Å². The highest BCUT2D eigenvalue weighted by molar-refractivity contribution is 6.06. The van der Waals surface area contributed by atoms with Gasteiger partial charge in [0.2, 0.25) is 17.7 Å². The number of rotatable bonds is 3. The van der Waals surface area contributed by atoms with Crippen LogP contribution in [0, 0.1) is 6.92 Å². The minimum atomic E-state index is -0.431. The van der Waals surface area contributed by atoms with Crippen molar-refractivity contribution in [3.8, 4) is 0 Å². The Morgan fingerprint density at radius 3 is 2.53 bits per heavy atom. The van der Waals surface area contributed by atoms with Crippen LogP contribution in [0.1, 0.15) is 18.4 Å². The average molecular weight is 261 g/mol. The first kappa shape index (κ1) is 13.1. The van der Waals surface area contributed by atoms with E-state index in [4.69, 9.17) is 5.73 Å². The summed E-state index contributed by atoms with van der Waals surface area (Å²) in [5.41, 5.74) is 7.69. The molecule has 1 fully saturated rings. The van der Waals surface area contributed by atoms with Crippen LogP contribution in [0.25, 0.3) is 0 Å². The van der Waals surface area contributed by atoms with Crippen LogP contribution in [0.4, 0.5) is 11.4 Å². The van der Waals surface area contributed by atoms with Crippen LogP contribution >= 0.6 is 0 Å². The number of hydrogen-bond acceptors (Lipinski definition) is 4. The lowest BCUT2D eigenvalue weighted by Gasteiger charge is -2.14. The number of aryl methyl sites for hydroxylation is 1. The van der Waals surface area contributed by atoms with Gasteiger partial charge in [-0.3, -0.25) is 19.3 Å². The quantitative estimate of drug-likeness (QED) is 0.617. The third kappa shape index (κ3) is 2.90. The Kier molecular flexibility index (Phi) is 3.50. The van der Waals surface area contributed by atoms with Crippen molar-refractivity contribution < 1.29 is 14.4 Å². The van der Waals surface area contributed by atoms with Crippen LogP contribution in [-0.4, -0.2) is 29.2 Å². The molecule has 0 radical (unpaired) electrons. The van der Waals surface area contributed by atoms with Gasteiger partial charge in [0.25, 0.3) is 0 Å². The summed E-state index contributed by atoms with van der Waals surface area (Å²) < 4.78 is 0. The largest absolute Gasteiger partial charge is 0.397 e. The van der Waals surface area contributed by atoms with Gasteiger partial charge in [-0.25, -0.2) is 0 Å². The summed E-state index contributed by atoms with van der Waals surface area (Å²) in [7, 11) is 0. The summed E-state index contributed by atoms with van der Waals surface area (Å²) in [6.07, 6.45) is 0.359. The molecule has 1 heterocycles. The molecule has 1 aromatic carbocycles. The fraction of sp³-hybridized carbons (Fsp3) is 0.308. The monoisotopic (exact) mass is 261 g/mol. The van der Waals surface area contributed by atoms with E-state index in [2.05, 4.69) is 5.32 Å². The van der Waals surface area contributed by atoms with Gasteiger partial charge in [-0.2, -0.15) is 0 Å². The maximum absolute atomic E-state index is 11.8. The van der Waals surface area contributed by atoms with E-state index in [-0.39, 0.29) is 31.2 Å². The first-order valence-electron chi connectivity index (χ1n) is 5.96. The Hall–Kier alpha value is -2.37. The van der Waals surface area contributed by atoms with E-state index >= 15 is 0 Å². The summed E-state index contributed by atoms with van der Waals surface area (Å²) in [4.78, 5) is 35.5. The lowest BCUT2D eigenvalue weighted by atomic mass is 10.2. The first-order valence-corrected chi connectivity index (χ1v) is 5.96. The van der Waals surface area contributed by atoms with Crippen molar-refractivity contribution in [2.24, 2.45) is 0 Å². The lowest BCUT2D eigenvalue weighted by Crippen LogP contribution is -2.37. The molecule has 0 unspecified atom stereocenters. The number of anilines is 2. The summed E-state index contributed by atoms with van der Waals surface area (Å²) >= 11 is 0. The van der Waals surface area contributed by atoms with Crippen LogP contribution < -0.4 is 11.1 Å². The van der Waals surface area contributed by atoms with Crippen molar-refractivity contribution in [2.75, 3.05) is 17.6 Å². The fourth-order valence-electron chi connectivity index (χ4n) is 1.93. The van der Waals surface area contributed by atoms with E-state index in [9.17, 15) is 14.4 Å². The molecule has 3 N–H and O–H groups in total. The second kappa shape index (κ2) is 5.09. The molecule has 0 aromatic heterocycles. The van der Waals surface area contributed by atoms with Crippen molar-refractivity contribution in [1.29, 1.82) is 0 Å². The van der Waals surface area contributed by atoms with Crippen LogP contribution in [-0.2, 0) is 14.4 Å². The number of imide groups is 1. The minimum Gasteiger partial charge on any atom is -0.397 e. The van der Waals surface area contributed by atoms with Crippen molar-refractivity contribution in [1.82, 2.24) is 4.90 Å². The molecule has 1 aliphatic rings. The molecule has 2 rings (SSSR count). The van der Waals surface area contributed by atoms with Gasteiger partial charge < -0.3 is 11.1 Å². The molecule has 3 amide bonds. The fourth-order valence-corrected chi connectivity index (χ4v) is 1.93. The molecule has 19 heavy (non-hydrogen) atoms. The number of nitrogens with two attached hydrogens (primary N) is 1. The number of nitrogen functional groups attached to an aromatic ring is 1. The number of hydrogen-bond donors (Lipinski definition) is 2. The second-order valence-electron chi connectivity index (χ2n) is 4.51. The molecule has 0 saturated carbocycles. The molecular weight excluding hydrogens is 246 g/mol. The van der Waals surface area contributed by atoms with Crippen molar-refractivity contribution in [3.63, 3.8) is 0 Å². The molecule has 0 atom stereocenters. The van der Waals surface area contributed by atoms with Gasteiger partial charge in [0.05, 0.1) is 11.4 Å². The third-order valence-electron chi connectivity index (χ3n) is 2.94. The maximum atomic E-state index is 11.8. The van der Waals surface area contributed by atoms with Crippen LogP contribution in [0.2, 0.25) is 0 Å². The zero-order valence-electron chi connectivity index (χ0n) is 10.6. The van der Waals surface area contributed by atoms with Gasteiger partial charge in [-0.15, -0.1) is 0 Å². The predicted octanol–water partition coefficient (Wildman–Crippen LogP) is 0.665. The van der Waals surface area contributed by atoms with E-state index in [0.29, 0.717) is 11.4 Å². The van der Waals surface area contributed by atoms with E-state index in [1.807, 2.05) is 13.0 Å². The third-order valence-corrected chi connectivity index (χ3v) is 2.94. The highest BCUT2D eigenvalue weighted by atomic mass is 16.2. The van der Waals surface area contributed by atoms with Gasteiger partial charge in [-0.1, -0.05) is 6.07 Å². The van der Waals surface area contributed by atoms with Gasteiger partial charge >= 0.3 is 0 Å². The minimum absolute atomic E-state index is 0.179. The molecule has 0 bridgehead atoms. The molecule has 1 aromatic rings. The zero-order chi connectivity index (χ0) is 14.0. The molecule has 6 heteroatoms. The normalized spacial score (nSPS) is 14.9. The number of likely N-dealkylation sites (tertiary alicyclic amines) is 1. The molecule has 0 spiro atoms. The predicted molar refractivity (Wildman–Crippen MR) is 70.2 cm³/mol. The molecule has 1 saturated heterocycles. The zero-order valence-corrected chi connectivity index (χ0v) is 10.6. The number of benzene rings is 1. The number of nitrogens with one attached hydrogen (secondary N) is 1.